The molecule has 0 amide bonds. The molecule has 0 radical (unpaired) electrons. The maximum atomic E-state index is 14.0. The molecule has 1 aromatic heterocycles. The van der Waals surface area contributed by atoms with E-state index in [1.807, 2.05) is 17.0 Å². The van der Waals surface area contributed by atoms with Crippen LogP contribution in [0.1, 0.15) is 19.8 Å². The normalized spacial score (nSPS) is 19.5. The molecular formula is C20H26FN5O2S. The summed E-state index contributed by atoms with van der Waals surface area (Å²) in [6, 6.07) is 9.43. The van der Waals surface area contributed by atoms with Crippen molar-refractivity contribution in [1.29, 1.82) is 0 Å². The summed E-state index contributed by atoms with van der Waals surface area (Å²) in [6.07, 6.45) is 2.34. The average molecular weight is 420 g/mol. The molecule has 0 spiro atoms. The number of aromatic nitrogens is 2. The molecule has 29 heavy (non-hydrogen) atoms. The number of hydrogen-bond acceptors (Lipinski definition) is 6. The van der Waals surface area contributed by atoms with Crippen molar-refractivity contribution in [2.24, 2.45) is 5.92 Å². The highest BCUT2D eigenvalue weighted by molar-refractivity contribution is 7.89. The van der Waals surface area contributed by atoms with Crippen LogP contribution in [0.25, 0.3) is 0 Å². The summed E-state index contributed by atoms with van der Waals surface area (Å²) < 4.78 is 40.7. The molecule has 156 valence electrons. The maximum absolute atomic E-state index is 14.0. The van der Waals surface area contributed by atoms with Crippen molar-refractivity contribution >= 4 is 21.7 Å². The number of benzene rings is 1. The monoisotopic (exact) mass is 419 g/mol. The molecule has 2 saturated heterocycles. The number of sulfonamides is 1. The van der Waals surface area contributed by atoms with Gasteiger partial charge < -0.3 is 9.80 Å². The van der Waals surface area contributed by atoms with E-state index < -0.39 is 15.8 Å². The van der Waals surface area contributed by atoms with Gasteiger partial charge in [-0.05, 0) is 43.0 Å². The van der Waals surface area contributed by atoms with Crippen molar-refractivity contribution < 1.29 is 12.8 Å². The molecule has 1 aromatic carbocycles. The number of rotatable bonds is 4. The van der Waals surface area contributed by atoms with Gasteiger partial charge in [0.15, 0.2) is 11.6 Å². The van der Waals surface area contributed by atoms with Gasteiger partial charge in [-0.25, -0.2) is 12.8 Å². The number of piperazine rings is 1. The van der Waals surface area contributed by atoms with E-state index in [1.54, 1.807) is 0 Å². The minimum atomic E-state index is -3.84. The zero-order valence-electron chi connectivity index (χ0n) is 16.5. The fraction of sp³-hybridized carbons (Fsp3) is 0.500. The van der Waals surface area contributed by atoms with Crippen LogP contribution in [0.3, 0.4) is 0 Å². The van der Waals surface area contributed by atoms with Crippen LogP contribution in [0.2, 0.25) is 0 Å². The number of halogens is 1. The Kier molecular flexibility index (Phi) is 5.69. The van der Waals surface area contributed by atoms with Crippen LogP contribution in [-0.4, -0.2) is 62.2 Å². The smallest absolute Gasteiger partial charge is 0.246 e. The summed E-state index contributed by atoms with van der Waals surface area (Å²) in [5, 5.41) is 8.74. The molecular weight excluding hydrogens is 393 g/mol. The van der Waals surface area contributed by atoms with E-state index in [4.69, 9.17) is 0 Å². The molecule has 3 heterocycles. The van der Waals surface area contributed by atoms with Crippen molar-refractivity contribution in [2.75, 3.05) is 49.1 Å². The van der Waals surface area contributed by atoms with Crippen LogP contribution in [0.15, 0.2) is 41.3 Å². The fourth-order valence-electron chi connectivity index (χ4n) is 3.84. The molecule has 2 aliphatic heterocycles. The van der Waals surface area contributed by atoms with Crippen LogP contribution in [0, 0.1) is 11.7 Å². The Morgan fingerprint density at radius 3 is 1.97 bits per heavy atom. The molecule has 0 atom stereocenters. The van der Waals surface area contributed by atoms with Crippen molar-refractivity contribution in [3.8, 4) is 0 Å². The first-order valence-corrected chi connectivity index (χ1v) is 11.5. The van der Waals surface area contributed by atoms with Crippen molar-refractivity contribution in [3.05, 3.63) is 42.2 Å². The van der Waals surface area contributed by atoms with E-state index >= 15 is 0 Å². The zero-order valence-corrected chi connectivity index (χ0v) is 17.4. The molecule has 4 rings (SSSR count). The van der Waals surface area contributed by atoms with Crippen LogP contribution in [0.5, 0.6) is 0 Å². The lowest BCUT2D eigenvalue weighted by Gasteiger charge is -2.35. The van der Waals surface area contributed by atoms with Gasteiger partial charge in [-0.3, -0.25) is 0 Å². The first-order chi connectivity index (χ1) is 13.9. The fourth-order valence-corrected chi connectivity index (χ4v) is 5.33. The largest absolute Gasteiger partial charge is 0.355 e. The molecule has 0 bridgehead atoms. The quantitative estimate of drug-likeness (QED) is 0.758. The maximum Gasteiger partial charge on any atom is 0.246 e. The van der Waals surface area contributed by atoms with Crippen LogP contribution in [0.4, 0.5) is 16.0 Å². The van der Waals surface area contributed by atoms with Crippen molar-refractivity contribution in [1.82, 2.24) is 14.5 Å². The van der Waals surface area contributed by atoms with Crippen molar-refractivity contribution in [3.63, 3.8) is 0 Å². The Morgan fingerprint density at radius 2 is 1.41 bits per heavy atom. The zero-order chi connectivity index (χ0) is 20.4. The number of piperidine rings is 1. The highest BCUT2D eigenvalue weighted by Gasteiger charge is 2.31. The van der Waals surface area contributed by atoms with E-state index in [-0.39, 0.29) is 18.0 Å². The first kappa shape index (κ1) is 20.0. The van der Waals surface area contributed by atoms with E-state index in [0.29, 0.717) is 13.1 Å². The third-order valence-electron chi connectivity index (χ3n) is 5.76. The Bertz CT molecular complexity index is 938. The topological polar surface area (TPSA) is 69.6 Å². The summed E-state index contributed by atoms with van der Waals surface area (Å²) in [4.78, 5) is 4.01. The number of nitrogens with zero attached hydrogens (tertiary/aromatic N) is 5. The Hall–Kier alpha value is -2.26. The molecule has 0 aliphatic carbocycles. The number of hydrogen-bond donors (Lipinski definition) is 0. The molecule has 2 aliphatic rings. The molecule has 7 nitrogen and oxygen atoms in total. The minimum absolute atomic E-state index is 0.270. The lowest BCUT2D eigenvalue weighted by atomic mass is 9.99. The van der Waals surface area contributed by atoms with Gasteiger partial charge in [0, 0.05) is 39.3 Å². The standard InChI is InChI=1S/C20H26FN5O2S/c1-16-8-10-24(11-9-16)19-6-7-20(23-22-19)25-12-14-26(15-13-25)29(27,28)18-5-3-2-4-17(18)21/h2-7,16H,8-15H2,1H3. The Labute approximate surface area is 171 Å². The number of anilines is 2. The van der Waals surface area contributed by atoms with E-state index in [9.17, 15) is 12.8 Å². The minimum Gasteiger partial charge on any atom is -0.355 e. The molecule has 9 heteroatoms. The van der Waals surface area contributed by atoms with Gasteiger partial charge in [-0.2, -0.15) is 4.31 Å². The van der Waals surface area contributed by atoms with E-state index in [2.05, 4.69) is 22.0 Å². The second-order valence-electron chi connectivity index (χ2n) is 7.74. The summed E-state index contributed by atoms with van der Waals surface area (Å²) >= 11 is 0. The van der Waals surface area contributed by atoms with Crippen LogP contribution >= 0.6 is 0 Å². The third-order valence-corrected chi connectivity index (χ3v) is 7.69. The molecule has 0 unspecified atom stereocenters. The lowest BCUT2D eigenvalue weighted by Crippen LogP contribution is -2.49. The Balaban J connectivity index is 1.39. The van der Waals surface area contributed by atoms with Gasteiger partial charge in [0.05, 0.1) is 0 Å². The van der Waals surface area contributed by atoms with Gasteiger partial charge in [-0.1, -0.05) is 19.1 Å². The van der Waals surface area contributed by atoms with Crippen molar-refractivity contribution in [2.45, 2.75) is 24.7 Å². The van der Waals surface area contributed by atoms with Gasteiger partial charge in [0.2, 0.25) is 10.0 Å². The predicted octanol–water partition coefficient (Wildman–Crippen LogP) is 2.36. The molecule has 0 saturated carbocycles. The second kappa shape index (κ2) is 8.23. The molecule has 0 N–H and O–H groups in total. The molecule has 2 aromatic rings. The summed E-state index contributed by atoms with van der Waals surface area (Å²) in [6.45, 7) is 5.82. The van der Waals surface area contributed by atoms with Gasteiger partial charge in [-0.15, -0.1) is 10.2 Å². The van der Waals surface area contributed by atoms with Gasteiger partial charge in [0.25, 0.3) is 0 Å². The molecule has 2 fully saturated rings. The van der Waals surface area contributed by atoms with Crippen LogP contribution in [-0.2, 0) is 10.0 Å². The van der Waals surface area contributed by atoms with E-state index in [1.165, 1.54) is 41.4 Å². The SMILES string of the molecule is CC1CCN(c2ccc(N3CCN(S(=O)(=O)c4ccccc4F)CC3)nn2)CC1. The lowest BCUT2D eigenvalue weighted by molar-refractivity contribution is 0.381. The summed E-state index contributed by atoms with van der Waals surface area (Å²) in [7, 11) is -3.84. The van der Waals surface area contributed by atoms with Gasteiger partial charge in [0.1, 0.15) is 10.7 Å². The average Bonchev–Trinajstić information content (AvgIpc) is 2.75. The summed E-state index contributed by atoms with van der Waals surface area (Å²) in [5.74, 6) is 1.67. The van der Waals surface area contributed by atoms with E-state index in [0.717, 1.165) is 30.6 Å². The van der Waals surface area contributed by atoms with Crippen LogP contribution < -0.4 is 9.80 Å². The third kappa shape index (κ3) is 4.20. The second-order valence-corrected chi connectivity index (χ2v) is 9.65. The summed E-state index contributed by atoms with van der Waals surface area (Å²) in [5.41, 5.74) is 0. The highest BCUT2D eigenvalue weighted by Crippen LogP contribution is 2.24. The highest BCUT2D eigenvalue weighted by atomic mass is 32.2. The predicted molar refractivity (Wildman–Crippen MR) is 110 cm³/mol. The Morgan fingerprint density at radius 1 is 0.862 bits per heavy atom. The first-order valence-electron chi connectivity index (χ1n) is 10.0. The van der Waals surface area contributed by atoms with Gasteiger partial charge >= 0.3 is 0 Å².